The molecule has 1 fully saturated rings. The molecular formula is C23H18BrNO4S. The molecule has 0 saturated carbocycles. The van der Waals surface area contributed by atoms with Gasteiger partial charge in [-0.05, 0) is 64.1 Å². The van der Waals surface area contributed by atoms with E-state index in [-0.39, 0.29) is 11.3 Å². The first-order chi connectivity index (χ1) is 14.4. The number of carbonyl (C=O) groups is 2. The highest BCUT2D eigenvalue weighted by molar-refractivity contribution is 9.10. The Morgan fingerprint density at radius 1 is 1.13 bits per heavy atom. The number of methoxy groups -OCH3 is 1. The first kappa shape index (κ1) is 20.4. The van der Waals surface area contributed by atoms with E-state index < -0.39 is 17.7 Å². The Morgan fingerprint density at radius 2 is 1.90 bits per heavy atom. The lowest BCUT2D eigenvalue weighted by Gasteiger charge is -2.25. The van der Waals surface area contributed by atoms with Gasteiger partial charge in [0.15, 0.2) is 0 Å². The van der Waals surface area contributed by atoms with E-state index in [0.717, 1.165) is 10.4 Å². The monoisotopic (exact) mass is 483 g/mol. The molecule has 1 aliphatic rings. The van der Waals surface area contributed by atoms with Crippen LogP contribution in [0.15, 0.2) is 70.0 Å². The van der Waals surface area contributed by atoms with E-state index in [1.54, 1.807) is 25.3 Å². The number of aliphatic hydroxyl groups is 1. The zero-order valence-corrected chi connectivity index (χ0v) is 18.7. The second-order valence-corrected chi connectivity index (χ2v) is 8.65. The number of aryl methyl sites for hydroxylation is 1. The number of carbonyl (C=O) groups excluding carboxylic acids is 2. The zero-order chi connectivity index (χ0) is 21.4. The molecule has 0 radical (unpaired) electrons. The summed E-state index contributed by atoms with van der Waals surface area (Å²) in [7, 11) is 1.55. The molecule has 30 heavy (non-hydrogen) atoms. The lowest BCUT2D eigenvalue weighted by Crippen LogP contribution is -2.29. The molecule has 0 spiro atoms. The Kier molecular flexibility index (Phi) is 5.49. The van der Waals surface area contributed by atoms with Gasteiger partial charge in [-0.2, -0.15) is 0 Å². The molecule has 1 N–H and O–H groups in total. The molecule has 1 saturated heterocycles. The number of anilines is 1. The van der Waals surface area contributed by atoms with Crippen LogP contribution in [0.3, 0.4) is 0 Å². The number of amides is 1. The summed E-state index contributed by atoms with van der Waals surface area (Å²) in [6.45, 7) is 1.89. The van der Waals surface area contributed by atoms with Crippen LogP contribution in [0.2, 0.25) is 0 Å². The average Bonchev–Trinajstić information content (AvgIpc) is 3.35. The molecule has 1 amide bonds. The number of thiophene rings is 1. The van der Waals surface area contributed by atoms with Crippen molar-refractivity contribution in [3.8, 4) is 5.75 Å². The molecule has 1 aromatic heterocycles. The SMILES string of the molecule is COc1ccc(/C(O)=C2/C(=O)C(=O)N(c3ccccc3C)C2c2cccs2)cc1Br. The molecule has 4 rings (SSSR count). The number of nitrogens with zero attached hydrogens (tertiary/aromatic N) is 1. The lowest BCUT2D eigenvalue weighted by atomic mass is 9.99. The number of aliphatic hydroxyl groups excluding tert-OH is 1. The second kappa shape index (κ2) is 8.08. The fraction of sp³-hybridized carbons (Fsp3) is 0.130. The van der Waals surface area contributed by atoms with Crippen LogP contribution < -0.4 is 9.64 Å². The number of benzene rings is 2. The molecular weight excluding hydrogens is 466 g/mol. The molecule has 0 bridgehead atoms. The fourth-order valence-corrected chi connectivity index (χ4v) is 4.96. The highest BCUT2D eigenvalue weighted by atomic mass is 79.9. The van der Waals surface area contributed by atoms with Gasteiger partial charge in [0.05, 0.1) is 17.2 Å². The fourth-order valence-electron chi connectivity index (χ4n) is 3.60. The maximum absolute atomic E-state index is 13.1. The Morgan fingerprint density at radius 3 is 2.53 bits per heavy atom. The average molecular weight is 484 g/mol. The Balaban J connectivity index is 1.93. The predicted molar refractivity (Wildman–Crippen MR) is 121 cm³/mol. The van der Waals surface area contributed by atoms with E-state index in [4.69, 9.17) is 4.74 Å². The van der Waals surface area contributed by atoms with Crippen LogP contribution in [0.4, 0.5) is 5.69 Å². The summed E-state index contributed by atoms with van der Waals surface area (Å²) in [6.07, 6.45) is 0. The van der Waals surface area contributed by atoms with E-state index in [2.05, 4.69) is 15.9 Å². The van der Waals surface area contributed by atoms with Crippen molar-refractivity contribution in [2.24, 2.45) is 0 Å². The minimum absolute atomic E-state index is 0.0720. The minimum atomic E-state index is -0.707. The smallest absolute Gasteiger partial charge is 0.300 e. The number of hydrogen-bond donors (Lipinski definition) is 1. The Bertz CT molecular complexity index is 1170. The molecule has 7 heteroatoms. The second-order valence-electron chi connectivity index (χ2n) is 6.82. The summed E-state index contributed by atoms with van der Waals surface area (Å²) in [4.78, 5) is 28.4. The Hall–Kier alpha value is -2.90. The number of halogens is 1. The number of ketones is 1. The van der Waals surface area contributed by atoms with E-state index in [1.165, 1.54) is 16.2 Å². The van der Waals surface area contributed by atoms with Gasteiger partial charge in [0.2, 0.25) is 0 Å². The van der Waals surface area contributed by atoms with Gasteiger partial charge in [-0.3, -0.25) is 14.5 Å². The third-order valence-corrected chi connectivity index (χ3v) is 6.60. The number of para-hydroxylation sites is 1. The van der Waals surface area contributed by atoms with Gasteiger partial charge in [0.1, 0.15) is 17.6 Å². The van der Waals surface area contributed by atoms with Crippen LogP contribution in [-0.2, 0) is 9.59 Å². The highest BCUT2D eigenvalue weighted by Crippen LogP contribution is 2.44. The number of hydrogen-bond acceptors (Lipinski definition) is 5. The van der Waals surface area contributed by atoms with Crippen molar-refractivity contribution < 1.29 is 19.4 Å². The first-order valence-electron chi connectivity index (χ1n) is 9.18. The topological polar surface area (TPSA) is 66.8 Å². The van der Waals surface area contributed by atoms with Gasteiger partial charge in [-0.25, -0.2) is 0 Å². The van der Waals surface area contributed by atoms with Crippen molar-refractivity contribution in [1.82, 2.24) is 0 Å². The summed E-state index contributed by atoms with van der Waals surface area (Å²) in [5, 5.41) is 13.0. The molecule has 2 heterocycles. The molecule has 1 unspecified atom stereocenters. The summed E-state index contributed by atoms with van der Waals surface area (Å²) in [5.74, 6) is -0.981. The van der Waals surface area contributed by atoms with E-state index in [0.29, 0.717) is 21.5 Å². The van der Waals surface area contributed by atoms with Crippen molar-refractivity contribution >= 4 is 50.4 Å². The highest BCUT2D eigenvalue weighted by Gasteiger charge is 2.47. The van der Waals surface area contributed by atoms with Gasteiger partial charge in [-0.15, -0.1) is 11.3 Å². The summed E-state index contributed by atoms with van der Waals surface area (Å²) >= 11 is 4.84. The standard InChI is InChI=1S/C23H18BrNO4S/c1-13-6-3-4-7-16(13)25-20(18-8-5-11-30-18)19(22(27)23(25)28)21(26)14-9-10-17(29-2)15(24)12-14/h3-12,20,26H,1-2H3/b21-19-. The third-order valence-electron chi connectivity index (χ3n) is 5.06. The Labute approximate surface area is 186 Å². The van der Waals surface area contributed by atoms with Gasteiger partial charge >= 0.3 is 0 Å². The lowest BCUT2D eigenvalue weighted by molar-refractivity contribution is -0.132. The minimum Gasteiger partial charge on any atom is -0.507 e. The number of ether oxygens (including phenoxy) is 1. The van der Waals surface area contributed by atoms with Crippen LogP contribution in [0.5, 0.6) is 5.75 Å². The van der Waals surface area contributed by atoms with E-state index in [1.807, 2.05) is 48.7 Å². The quantitative estimate of drug-likeness (QED) is 0.304. The van der Waals surface area contributed by atoms with Crippen molar-refractivity contribution in [1.29, 1.82) is 0 Å². The van der Waals surface area contributed by atoms with Crippen LogP contribution in [0, 0.1) is 6.92 Å². The molecule has 3 aromatic rings. The third kappa shape index (κ3) is 3.34. The van der Waals surface area contributed by atoms with Gasteiger partial charge in [0, 0.05) is 16.1 Å². The molecule has 1 aliphatic heterocycles. The summed E-state index contributed by atoms with van der Waals surface area (Å²) in [5.41, 5.74) is 2.01. The van der Waals surface area contributed by atoms with Crippen LogP contribution in [0.25, 0.3) is 5.76 Å². The predicted octanol–water partition coefficient (Wildman–Crippen LogP) is 5.45. The van der Waals surface area contributed by atoms with Gasteiger partial charge in [0.25, 0.3) is 11.7 Å². The van der Waals surface area contributed by atoms with Crippen LogP contribution in [0.1, 0.15) is 22.0 Å². The largest absolute Gasteiger partial charge is 0.507 e. The van der Waals surface area contributed by atoms with Crippen molar-refractivity contribution in [2.75, 3.05) is 12.0 Å². The summed E-state index contributed by atoms with van der Waals surface area (Å²) < 4.78 is 5.87. The van der Waals surface area contributed by atoms with Crippen LogP contribution in [-0.4, -0.2) is 23.9 Å². The van der Waals surface area contributed by atoms with E-state index >= 15 is 0 Å². The number of Topliss-reactive ketones (excluding diaryl/α,β-unsaturated/α-hetero) is 1. The van der Waals surface area contributed by atoms with Gasteiger partial charge < -0.3 is 9.84 Å². The molecule has 1 atom stereocenters. The molecule has 5 nitrogen and oxygen atoms in total. The first-order valence-corrected chi connectivity index (χ1v) is 10.8. The van der Waals surface area contributed by atoms with Crippen LogP contribution >= 0.6 is 27.3 Å². The molecule has 2 aromatic carbocycles. The maximum atomic E-state index is 13.1. The van der Waals surface area contributed by atoms with E-state index in [9.17, 15) is 14.7 Å². The zero-order valence-electron chi connectivity index (χ0n) is 16.3. The van der Waals surface area contributed by atoms with Gasteiger partial charge in [-0.1, -0.05) is 24.3 Å². The normalized spacial score (nSPS) is 18.1. The van der Waals surface area contributed by atoms with Crippen molar-refractivity contribution in [3.05, 3.63) is 86.0 Å². The molecule has 0 aliphatic carbocycles. The summed E-state index contributed by atoms with van der Waals surface area (Å²) in [6, 6.07) is 15.4. The van der Waals surface area contributed by atoms with Crippen molar-refractivity contribution in [3.63, 3.8) is 0 Å². The number of rotatable bonds is 4. The maximum Gasteiger partial charge on any atom is 0.300 e. The van der Waals surface area contributed by atoms with Crippen molar-refractivity contribution in [2.45, 2.75) is 13.0 Å². The molecule has 152 valence electrons.